The van der Waals surface area contributed by atoms with Crippen LogP contribution >= 0.6 is 0 Å². The number of hydrogen-bond donors (Lipinski definition) is 1. The van der Waals surface area contributed by atoms with Crippen LogP contribution < -0.4 is 15.2 Å². The summed E-state index contributed by atoms with van der Waals surface area (Å²) in [4.78, 5) is 0. The first-order valence-corrected chi connectivity index (χ1v) is 5.44. The highest BCUT2D eigenvalue weighted by Crippen LogP contribution is 2.41. The van der Waals surface area contributed by atoms with Gasteiger partial charge in [0.15, 0.2) is 0 Å². The van der Waals surface area contributed by atoms with Crippen LogP contribution in [-0.4, -0.2) is 14.2 Å². The molecule has 0 heterocycles. The fourth-order valence-electron chi connectivity index (χ4n) is 1.87. The van der Waals surface area contributed by atoms with Gasteiger partial charge in [-0.3, -0.25) is 0 Å². The normalized spacial score (nSPS) is 10.2. The molecule has 0 fully saturated rings. The fraction of sp³-hybridized carbons (Fsp3) is 0.143. The number of halogens is 1. The van der Waals surface area contributed by atoms with Crippen molar-refractivity contribution in [2.24, 2.45) is 0 Å². The minimum Gasteiger partial charge on any atom is -0.496 e. The third-order valence-corrected chi connectivity index (χ3v) is 2.75. The number of ether oxygens (including phenoxy) is 2. The lowest BCUT2D eigenvalue weighted by Crippen LogP contribution is -1.98. The molecule has 0 radical (unpaired) electrons. The zero-order chi connectivity index (χ0) is 13.1. The monoisotopic (exact) mass is 247 g/mol. The van der Waals surface area contributed by atoms with Gasteiger partial charge in [0.1, 0.15) is 17.3 Å². The molecule has 0 aliphatic rings. The van der Waals surface area contributed by atoms with Crippen molar-refractivity contribution < 1.29 is 13.9 Å². The van der Waals surface area contributed by atoms with E-state index in [1.54, 1.807) is 44.6 Å². The van der Waals surface area contributed by atoms with Crippen LogP contribution in [0.1, 0.15) is 0 Å². The van der Waals surface area contributed by atoms with Crippen LogP contribution in [0, 0.1) is 5.82 Å². The van der Waals surface area contributed by atoms with E-state index in [1.165, 1.54) is 6.07 Å². The Labute approximate surface area is 105 Å². The second-order valence-electron chi connectivity index (χ2n) is 3.74. The van der Waals surface area contributed by atoms with Crippen molar-refractivity contribution in [3.05, 3.63) is 42.2 Å². The van der Waals surface area contributed by atoms with E-state index in [2.05, 4.69) is 0 Å². The Morgan fingerprint density at radius 2 is 1.50 bits per heavy atom. The van der Waals surface area contributed by atoms with E-state index in [4.69, 9.17) is 15.2 Å². The Balaban J connectivity index is 2.73. The van der Waals surface area contributed by atoms with Gasteiger partial charge in [-0.25, -0.2) is 4.39 Å². The summed E-state index contributed by atoms with van der Waals surface area (Å²) in [7, 11) is 3.10. The first-order chi connectivity index (χ1) is 8.69. The summed E-state index contributed by atoms with van der Waals surface area (Å²) < 4.78 is 24.1. The first-order valence-electron chi connectivity index (χ1n) is 5.44. The van der Waals surface area contributed by atoms with Crippen LogP contribution in [0.15, 0.2) is 36.4 Å². The lowest BCUT2D eigenvalue weighted by atomic mass is 10.0. The number of benzene rings is 2. The van der Waals surface area contributed by atoms with E-state index in [0.29, 0.717) is 22.6 Å². The van der Waals surface area contributed by atoms with E-state index in [0.717, 1.165) is 0 Å². The third kappa shape index (κ3) is 1.97. The summed E-state index contributed by atoms with van der Waals surface area (Å²) >= 11 is 0. The molecule has 0 atom stereocenters. The molecule has 4 heteroatoms. The molecule has 0 aliphatic carbocycles. The molecule has 2 aromatic rings. The molecule has 0 amide bonds. The number of methoxy groups -OCH3 is 2. The maximum absolute atomic E-state index is 13.5. The molecule has 3 nitrogen and oxygen atoms in total. The average Bonchev–Trinajstić information content (AvgIpc) is 2.41. The molecule has 0 aliphatic heterocycles. The van der Waals surface area contributed by atoms with Crippen LogP contribution in [0.4, 0.5) is 10.1 Å². The Kier molecular flexibility index (Phi) is 3.37. The lowest BCUT2D eigenvalue weighted by Gasteiger charge is -2.14. The zero-order valence-electron chi connectivity index (χ0n) is 10.2. The summed E-state index contributed by atoms with van der Waals surface area (Å²) in [6.07, 6.45) is 0. The summed E-state index contributed by atoms with van der Waals surface area (Å²) in [5.74, 6) is 0.721. The molecule has 0 saturated heterocycles. The highest BCUT2D eigenvalue weighted by atomic mass is 19.1. The quantitative estimate of drug-likeness (QED) is 0.848. The summed E-state index contributed by atoms with van der Waals surface area (Å²) in [5.41, 5.74) is 7.07. The summed E-state index contributed by atoms with van der Waals surface area (Å²) in [6, 6.07) is 10.0. The molecule has 2 aromatic carbocycles. The highest BCUT2D eigenvalue weighted by Gasteiger charge is 2.16. The van der Waals surface area contributed by atoms with Gasteiger partial charge in [0.05, 0.1) is 25.5 Å². The molecule has 0 unspecified atom stereocenters. The van der Waals surface area contributed by atoms with Gasteiger partial charge in [-0.05, 0) is 18.2 Å². The van der Waals surface area contributed by atoms with Gasteiger partial charge in [0.2, 0.25) is 0 Å². The van der Waals surface area contributed by atoms with Crippen molar-refractivity contribution in [2.45, 2.75) is 0 Å². The van der Waals surface area contributed by atoms with Crippen LogP contribution in [0.25, 0.3) is 11.1 Å². The largest absolute Gasteiger partial charge is 0.496 e. The van der Waals surface area contributed by atoms with Crippen molar-refractivity contribution in [1.29, 1.82) is 0 Å². The van der Waals surface area contributed by atoms with Gasteiger partial charge in [-0.15, -0.1) is 0 Å². The SMILES string of the molecule is COc1cccc(OC)c1-c1cccc(F)c1N. The molecule has 2 rings (SSSR count). The number of rotatable bonds is 3. The minimum absolute atomic E-state index is 0.0836. The van der Waals surface area contributed by atoms with Gasteiger partial charge in [-0.2, -0.15) is 0 Å². The first kappa shape index (κ1) is 12.2. The topological polar surface area (TPSA) is 44.5 Å². The van der Waals surface area contributed by atoms with Gasteiger partial charge in [-0.1, -0.05) is 18.2 Å². The smallest absolute Gasteiger partial charge is 0.146 e. The van der Waals surface area contributed by atoms with Crippen LogP contribution in [-0.2, 0) is 0 Å². The zero-order valence-corrected chi connectivity index (χ0v) is 10.2. The molecule has 0 aromatic heterocycles. The Hall–Kier alpha value is -2.23. The molecule has 0 bridgehead atoms. The van der Waals surface area contributed by atoms with E-state index >= 15 is 0 Å². The summed E-state index contributed by atoms with van der Waals surface area (Å²) in [5, 5.41) is 0. The molecular formula is C14H14FNO2. The molecule has 0 saturated carbocycles. The van der Waals surface area contributed by atoms with Crippen LogP contribution in [0.5, 0.6) is 11.5 Å². The highest BCUT2D eigenvalue weighted by molar-refractivity contribution is 5.85. The molecule has 2 N–H and O–H groups in total. The number of para-hydroxylation sites is 1. The number of nitrogens with two attached hydrogens (primary N) is 1. The van der Waals surface area contributed by atoms with Crippen molar-refractivity contribution in [2.75, 3.05) is 20.0 Å². The maximum atomic E-state index is 13.5. The molecule has 18 heavy (non-hydrogen) atoms. The Morgan fingerprint density at radius 1 is 0.944 bits per heavy atom. The fourth-order valence-corrected chi connectivity index (χ4v) is 1.87. The number of hydrogen-bond acceptors (Lipinski definition) is 3. The van der Waals surface area contributed by atoms with Crippen LogP contribution in [0.3, 0.4) is 0 Å². The van der Waals surface area contributed by atoms with Crippen LogP contribution in [0.2, 0.25) is 0 Å². The van der Waals surface area contributed by atoms with Gasteiger partial charge >= 0.3 is 0 Å². The van der Waals surface area contributed by atoms with Crippen molar-refractivity contribution in [3.63, 3.8) is 0 Å². The van der Waals surface area contributed by atoms with E-state index in [-0.39, 0.29) is 5.69 Å². The van der Waals surface area contributed by atoms with Crippen molar-refractivity contribution in [3.8, 4) is 22.6 Å². The molecule has 94 valence electrons. The van der Waals surface area contributed by atoms with Gasteiger partial charge in [0.25, 0.3) is 0 Å². The van der Waals surface area contributed by atoms with Crippen molar-refractivity contribution >= 4 is 5.69 Å². The third-order valence-electron chi connectivity index (χ3n) is 2.75. The summed E-state index contributed by atoms with van der Waals surface area (Å²) in [6.45, 7) is 0. The Bertz CT molecular complexity index is 547. The standard InChI is InChI=1S/C14H14FNO2/c1-17-11-7-4-8-12(18-2)13(11)9-5-3-6-10(15)14(9)16/h3-8H,16H2,1-2H3. The molecular weight excluding hydrogens is 233 g/mol. The second kappa shape index (κ2) is 4.96. The lowest BCUT2D eigenvalue weighted by molar-refractivity contribution is 0.397. The van der Waals surface area contributed by atoms with E-state index < -0.39 is 5.82 Å². The van der Waals surface area contributed by atoms with E-state index in [9.17, 15) is 4.39 Å². The van der Waals surface area contributed by atoms with Crippen molar-refractivity contribution in [1.82, 2.24) is 0 Å². The number of nitrogen functional groups attached to an aromatic ring is 1. The maximum Gasteiger partial charge on any atom is 0.146 e. The predicted octanol–water partition coefficient (Wildman–Crippen LogP) is 3.09. The average molecular weight is 247 g/mol. The Morgan fingerprint density at radius 3 is 2.06 bits per heavy atom. The molecule has 0 spiro atoms. The minimum atomic E-state index is -0.458. The predicted molar refractivity (Wildman–Crippen MR) is 69.4 cm³/mol. The second-order valence-corrected chi connectivity index (χ2v) is 3.74. The van der Waals surface area contributed by atoms with E-state index in [1.807, 2.05) is 0 Å². The van der Waals surface area contributed by atoms with Gasteiger partial charge in [0, 0.05) is 5.56 Å². The van der Waals surface area contributed by atoms with Gasteiger partial charge < -0.3 is 15.2 Å². The number of anilines is 1.